The highest BCUT2D eigenvalue weighted by molar-refractivity contribution is 5.85. The van der Waals surface area contributed by atoms with Gasteiger partial charge in [-0.15, -0.1) is 12.4 Å². The van der Waals surface area contributed by atoms with Crippen LogP contribution < -0.4 is 5.32 Å². The molecule has 0 aromatic carbocycles. The van der Waals surface area contributed by atoms with Crippen molar-refractivity contribution in [2.75, 3.05) is 6.54 Å². The Kier molecular flexibility index (Phi) is 1.33. The van der Waals surface area contributed by atoms with Crippen LogP contribution in [0.2, 0.25) is 0 Å². The van der Waals surface area contributed by atoms with E-state index in [9.17, 15) is 8.78 Å². The van der Waals surface area contributed by atoms with Crippen LogP contribution in [-0.4, -0.2) is 18.5 Å². The third kappa shape index (κ3) is 0.687. The summed E-state index contributed by atoms with van der Waals surface area (Å²) >= 11 is 0. The van der Waals surface area contributed by atoms with Crippen LogP contribution >= 0.6 is 12.4 Å². The molecule has 2 saturated carbocycles. The smallest absolute Gasteiger partial charge is 0.256 e. The minimum atomic E-state index is -2.29. The molecule has 3 rings (SSSR count). The Labute approximate surface area is 69.9 Å². The minimum Gasteiger partial charge on any atom is -0.313 e. The molecule has 64 valence electrons. The molecule has 4 heteroatoms. The van der Waals surface area contributed by atoms with E-state index >= 15 is 0 Å². The molecule has 1 saturated heterocycles. The molecule has 0 spiro atoms. The lowest BCUT2D eigenvalue weighted by Gasteiger charge is -2.06. The van der Waals surface area contributed by atoms with E-state index in [1.54, 1.807) is 0 Å². The molecule has 3 fully saturated rings. The summed E-state index contributed by atoms with van der Waals surface area (Å²) in [5.41, 5.74) is 0. The van der Waals surface area contributed by atoms with Gasteiger partial charge in [-0.2, -0.15) is 0 Å². The first-order valence-electron chi connectivity index (χ1n) is 3.82. The van der Waals surface area contributed by atoms with Crippen LogP contribution in [0, 0.1) is 17.8 Å². The largest absolute Gasteiger partial charge is 0.313 e. The Bertz CT molecular complexity index is 179. The Balaban J connectivity index is 0.000000480. The van der Waals surface area contributed by atoms with Gasteiger partial charge >= 0.3 is 0 Å². The monoisotopic (exact) mass is 181 g/mol. The van der Waals surface area contributed by atoms with Crippen LogP contribution in [0.3, 0.4) is 0 Å². The molecule has 1 aliphatic heterocycles. The Hall–Kier alpha value is 0.110. The van der Waals surface area contributed by atoms with Gasteiger partial charge in [-0.05, 0) is 18.9 Å². The van der Waals surface area contributed by atoms with Crippen molar-refractivity contribution in [2.24, 2.45) is 17.8 Å². The SMILES string of the molecule is Cl.FC1(F)C2C3CNC(C3)C21. The molecule has 0 radical (unpaired) electrons. The first kappa shape index (κ1) is 7.74. The molecule has 4 atom stereocenters. The fraction of sp³-hybridized carbons (Fsp3) is 1.00. The average Bonchev–Trinajstić information content (AvgIpc) is 2.37. The van der Waals surface area contributed by atoms with Crippen LogP contribution in [0.1, 0.15) is 6.42 Å². The van der Waals surface area contributed by atoms with Crippen LogP contribution in [0.5, 0.6) is 0 Å². The van der Waals surface area contributed by atoms with Crippen LogP contribution in [-0.2, 0) is 0 Å². The van der Waals surface area contributed by atoms with Crippen molar-refractivity contribution >= 4 is 12.4 Å². The molecule has 4 unspecified atom stereocenters. The van der Waals surface area contributed by atoms with Crippen molar-refractivity contribution in [3.8, 4) is 0 Å². The lowest BCUT2D eigenvalue weighted by molar-refractivity contribution is 0.0644. The summed E-state index contributed by atoms with van der Waals surface area (Å²) in [5, 5.41) is 3.12. The molecule has 0 aromatic rings. The molecule has 1 N–H and O–H groups in total. The highest BCUT2D eigenvalue weighted by atomic mass is 35.5. The van der Waals surface area contributed by atoms with E-state index in [4.69, 9.17) is 0 Å². The van der Waals surface area contributed by atoms with E-state index in [1.165, 1.54) is 0 Å². The molecule has 1 heterocycles. The van der Waals surface area contributed by atoms with Gasteiger partial charge in [-0.1, -0.05) is 0 Å². The normalized spacial score (nSPS) is 55.1. The summed E-state index contributed by atoms with van der Waals surface area (Å²) in [7, 11) is 0. The van der Waals surface area contributed by atoms with Gasteiger partial charge in [0.05, 0.1) is 0 Å². The summed E-state index contributed by atoms with van der Waals surface area (Å²) in [5.74, 6) is -2.52. The van der Waals surface area contributed by atoms with Crippen molar-refractivity contribution < 1.29 is 8.78 Å². The molecule has 2 bridgehead atoms. The zero-order valence-electron chi connectivity index (χ0n) is 5.89. The van der Waals surface area contributed by atoms with Crippen molar-refractivity contribution in [3.05, 3.63) is 0 Å². The van der Waals surface area contributed by atoms with Gasteiger partial charge in [0.15, 0.2) is 0 Å². The molecule has 0 amide bonds. The van der Waals surface area contributed by atoms with E-state index in [2.05, 4.69) is 5.32 Å². The number of nitrogens with one attached hydrogen (secondary N) is 1. The predicted octanol–water partition coefficient (Wildman–Crippen LogP) is 1.28. The number of fused-ring (bicyclic) bond motifs is 5. The first-order chi connectivity index (χ1) is 4.71. The standard InChI is InChI=1S/C7H9F2N.ClH/c8-7(9)5-3-1-4(6(5)7)10-2-3;/h3-6,10H,1-2H2;1H. The summed E-state index contributed by atoms with van der Waals surface area (Å²) in [6.45, 7) is 0.835. The molecule has 1 nitrogen and oxygen atoms in total. The molecule has 2 aliphatic carbocycles. The van der Waals surface area contributed by atoms with Crippen molar-refractivity contribution in [1.82, 2.24) is 5.32 Å². The summed E-state index contributed by atoms with van der Waals surface area (Å²) in [4.78, 5) is 0. The fourth-order valence-electron chi connectivity index (χ4n) is 2.84. The number of alkyl halides is 2. The van der Waals surface area contributed by atoms with Gasteiger partial charge in [0.2, 0.25) is 0 Å². The molecular weight excluding hydrogens is 172 g/mol. The van der Waals surface area contributed by atoms with Crippen molar-refractivity contribution in [2.45, 2.75) is 18.4 Å². The van der Waals surface area contributed by atoms with Gasteiger partial charge < -0.3 is 5.32 Å². The molecule has 3 aliphatic rings. The maximum atomic E-state index is 12.7. The summed E-state index contributed by atoms with van der Waals surface area (Å²) < 4.78 is 25.5. The van der Waals surface area contributed by atoms with Crippen molar-refractivity contribution in [1.29, 1.82) is 0 Å². The zero-order valence-corrected chi connectivity index (χ0v) is 6.70. The van der Waals surface area contributed by atoms with Gasteiger partial charge in [0, 0.05) is 17.9 Å². The molecule has 11 heavy (non-hydrogen) atoms. The second-order valence-electron chi connectivity index (χ2n) is 3.74. The fourth-order valence-corrected chi connectivity index (χ4v) is 2.84. The first-order valence-corrected chi connectivity index (χ1v) is 3.82. The van der Waals surface area contributed by atoms with Crippen molar-refractivity contribution in [3.63, 3.8) is 0 Å². The zero-order chi connectivity index (χ0) is 6.93. The van der Waals surface area contributed by atoms with Gasteiger partial charge in [0.25, 0.3) is 5.92 Å². The second-order valence-corrected chi connectivity index (χ2v) is 3.74. The molecular formula is C7H10ClF2N. The topological polar surface area (TPSA) is 12.0 Å². The maximum Gasteiger partial charge on any atom is 0.256 e. The van der Waals surface area contributed by atoms with Gasteiger partial charge in [0.1, 0.15) is 0 Å². The number of hydrogen-bond donors (Lipinski definition) is 1. The second kappa shape index (κ2) is 1.88. The molecule has 0 aromatic heterocycles. The third-order valence-corrected chi connectivity index (χ3v) is 3.31. The van der Waals surface area contributed by atoms with Crippen LogP contribution in [0.4, 0.5) is 8.78 Å². The van der Waals surface area contributed by atoms with E-state index < -0.39 is 5.92 Å². The lowest BCUT2D eigenvalue weighted by Crippen LogP contribution is -2.27. The minimum absolute atomic E-state index is 0. The highest BCUT2D eigenvalue weighted by Gasteiger charge is 2.78. The summed E-state index contributed by atoms with van der Waals surface area (Å²) in [6, 6.07) is 0.157. The van der Waals surface area contributed by atoms with Gasteiger partial charge in [-0.3, -0.25) is 0 Å². The summed E-state index contributed by atoms with van der Waals surface area (Å²) in [6.07, 6.45) is 1.00. The third-order valence-electron chi connectivity index (χ3n) is 3.31. The number of halogens is 3. The predicted molar refractivity (Wildman–Crippen MR) is 39.1 cm³/mol. The van der Waals surface area contributed by atoms with E-state index in [0.29, 0.717) is 5.92 Å². The van der Waals surface area contributed by atoms with E-state index in [0.717, 1.165) is 13.0 Å². The van der Waals surface area contributed by atoms with E-state index in [1.807, 2.05) is 0 Å². The Morgan fingerprint density at radius 1 is 1.27 bits per heavy atom. The maximum absolute atomic E-state index is 12.7. The Morgan fingerprint density at radius 2 is 2.00 bits per heavy atom. The van der Waals surface area contributed by atoms with E-state index in [-0.39, 0.29) is 30.3 Å². The van der Waals surface area contributed by atoms with Crippen LogP contribution in [0.25, 0.3) is 0 Å². The number of rotatable bonds is 0. The Morgan fingerprint density at radius 3 is 2.45 bits per heavy atom. The lowest BCUT2D eigenvalue weighted by atomic mass is 10.1. The highest BCUT2D eigenvalue weighted by Crippen LogP contribution is 2.68. The van der Waals surface area contributed by atoms with Gasteiger partial charge in [-0.25, -0.2) is 8.78 Å². The number of hydrogen-bond acceptors (Lipinski definition) is 1. The quantitative estimate of drug-likeness (QED) is 0.594. The number of piperidine rings is 1. The average molecular weight is 182 g/mol. The van der Waals surface area contributed by atoms with Crippen LogP contribution in [0.15, 0.2) is 0 Å².